The number of anilines is 3. The van der Waals surface area contributed by atoms with E-state index in [9.17, 15) is 0 Å². The molecule has 0 atom stereocenters. The Balaban J connectivity index is 0.912. The molecule has 0 aliphatic rings. The summed E-state index contributed by atoms with van der Waals surface area (Å²) >= 11 is 3.66. The van der Waals surface area contributed by atoms with Gasteiger partial charge in [0.05, 0.1) is 11.0 Å². The van der Waals surface area contributed by atoms with Gasteiger partial charge in [0.25, 0.3) is 0 Å². The SMILES string of the molecule is c1ccc(-c2ccc3c(c2)c2cc(-c4ccc(N(c5ccc(-c6ccc(-c7ccccc7)s6)cc5)c5ccc(-c6ccc(-c7ccccc7)s6)cc5)cc4)ccc2n3-c2ccccc2)cc1. The van der Waals surface area contributed by atoms with Gasteiger partial charge >= 0.3 is 0 Å². The molecule has 2 nitrogen and oxygen atoms in total. The van der Waals surface area contributed by atoms with Gasteiger partial charge in [-0.15, -0.1) is 22.7 Å². The molecule has 66 heavy (non-hydrogen) atoms. The van der Waals surface area contributed by atoms with Crippen molar-refractivity contribution >= 4 is 61.5 Å². The molecule has 3 heterocycles. The molecule has 0 N–H and O–H groups in total. The standard InChI is InChI=1S/C62H42N2S2/c1-5-13-43(14-6-1)49-27-35-57-55(41-49)56-42-50(28-36-58(56)64(57)51-19-11-4-12-20-51)44-21-29-52(30-22-44)63(53-31-23-47(24-32-53)61-39-37-59(65-61)45-15-7-2-8-16-45)54-33-25-48(26-34-54)62-40-38-60(66-62)46-17-9-3-10-18-46/h1-42H. The lowest BCUT2D eigenvalue weighted by Crippen LogP contribution is -2.09. The number of rotatable bonds is 10. The van der Waals surface area contributed by atoms with E-state index in [1.165, 1.54) is 85.8 Å². The van der Waals surface area contributed by atoms with E-state index in [0.717, 1.165) is 22.7 Å². The minimum Gasteiger partial charge on any atom is -0.311 e. The second kappa shape index (κ2) is 17.2. The topological polar surface area (TPSA) is 8.17 Å². The molecule has 0 fully saturated rings. The molecule has 0 bridgehead atoms. The first-order chi connectivity index (χ1) is 32.7. The first kappa shape index (κ1) is 39.6. The number of nitrogens with zero attached hydrogens (tertiary/aromatic N) is 2. The number of benzene rings is 9. The summed E-state index contributed by atoms with van der Waals surface area (Å²) in [5.74, 6) is 0. The van der Waals surface area contributed by atoms with E-state index in [0.29, 0.717) is 0 Å². The highest BCUT2D eigenvalue weighted by Gasteiger charge is 2.18. The Hall–Kier alpha value is -8.02. The zero-order valence-electron chi connectivity index (χ0n) is 36.0. The van der Waals surface area contributed by atoms with Crippen molar-refractivity contribution in [2.45, 2.75) is 0 Å². The van der Waals surface area contributed by atoms with Gasteiger partial charge in [0, 0.05) is 53.0 Å². The number of hydrogen-bond donors (Lipinski definition) is 0. The summed E-state index contributed by atoms with van der Waals surface area (Å²) in [5, 5.41) is 2.47. The summed E-state index contributed by atoms with van der Waals surface area (Å²) < 4.78 is 2.39. The molecule has 12 aromatic rings. The van der Waals surface area contributed by atoms with Crippen LogP contribution in [-0.2, 0) is 0 Å². The lowest BCUT2D eigenvalue weighted by atomic mass is 10.00. The Labute approximate surface area is 393 Å². The Bertz CT molecular complexity index is 3470. The molecule has 0 saturated heterocycles. The third-order valence-electron chi connectivity index (χ3n) is 12.5. The molecular weight excluding hydrogens is 837 g/mol. The van der Waals surface area contributed by atoms with Gasteiger partial charge in [-0.2, -0.15) is 0 Å². The average molecular weight is 879 g/mol. The second-order valence-corrected chi connectivity index (χ2v) is 18.7. The molecule has 9 aromatic carbocycles. The molecule has 0 radical (unpaired) electrons. The van der Waals surface area contributed by atoms with E-state index in [1.54, 1.807) is 0 Å². The highest BCUT2D eigenvalue weighted by atomic mass is 32.1. The number of para-hydroxylation sites is 1. The van der Waals surface area contributed by atoms with E-state index in [1.807, 2.05) is 22.7 Å². The lowest BCUT2D eigenvalue weighted by Gasteiger charge is -2.26. The third kappa shape index (κ3) is 7.52. The quantitative estimate of drug-likeness (QED) is 0.133. The van der Waals surface area contributed by atoms with Gasteiger partial charge in [-0.3, -0.25) is 0 Å². The Morgan fingerprint density at radius 1 is 0.258 bits per heavy atom. The monoisotopic (exact) mass is 878 g/mol. The lowest BCUT2D eigenvalue weighted by molar-refractivity contribution is 1.18. The van der Waals surface area contributed by atoms with E-state index < -0.39 is 0 Å². The molecule has 0 saturated carbocycles. The molecule has 3 aromatic heterocycles. The minimum absolute atomic E-state index is 1.10. The Kier molecular flexibility index (Phi) is 10.3. The Morgan fingerprint density at radius 3 is 0.955 bits per heavy atom. The normalized spacial score (nSPS) is 11.3. The van der Waals surface area contributed by atoms with Crippen LogP contribution in [0.2, 0.25) is 0 Å². The van der Waals surface area contributed by atoms with Crippen LogP contribution in [-0.4, -0.2) is 4.57 Å². The summed E-state index contributed by atoms with van der Waals surface area (Å²) in [7, 11) is 0. The second-order valence-electron chi connectivity index (χ2n) is 16.5. The molecule has 0 unspecified atom stereocenters. The number of hydrogen-bond acceptors (Lipinski definition) is 3. The van der Waals surface area contributed by atoms with Gasteiger partial charge in [0.1, 0.15) is 0 Å². The van der Waals surface area contributed by atoms with Gasteiger partial charge < -0.3 is 9.47 Å². The number of thiophene rings is 2. The largest absolute Gasteiger partial charge is 0.311 e. The maximum Gasteiger partial charge on any atom is 0.0541 e. The van der Waals surface area contributed by atoms with Crippen molar-refractivity contribution in [1.29, 1.82) is 0 Å². The molecule has 4 heteroatoms. The van der Waals surface area contributed by atoms with Crippen molar-refractivity contribution < 1.29 is 0 Å². The molecule has 0 aliphatic carbocycles. The summed E-state index contributed by atoms with van der Waals surface area (Å²) in [6.07, 6.45) is 0. The van der Waals surface area contributed by atoms with Crippen molar-refractivity contribution in [1.82, 2.24) is 4.57 Å². The van der Waals surface area contributed by atoms with Crippen molar-refractivity contribution in [2.24, 2.45) is 0 Å². The number of aromatic nitrogens is 1. The van der Waals surface area contributed by atoms with Crippen LogP contribution in [0.25, 0.3) is 91.5 Å². The minimum atomic E-state index is 1.10. The molecule has 0 amide bonds. The van der Waals surface area contributed by atoms with Gasteiger partial charge in [-0.1, -0.05) is 158 Å². The fraction of sp³-hybridized carbons (Fsp3) is 0. The van der Waals surface area contributed by atoms with Crippen molar-refractivity contribution in [3.8, 4) is 69.7 Å². The first-order valence-electron chi connectivity index (χ1n) is 22.3. The summed E-state index contributed by atoms with van der Waals surface area (Å²) in [5.41, 5.74) is 16.5. The number of fused-ring (bicyclic) bond motifs is 3. The fourth-order valence-electron chi connectivity index (χ4n) is 9.17. The van der Waals surface area contributed by atoms with E-state index in [2.05, 4.69) is 264 Å². The van der Waals surface area contributed by atoms with Crippen molar-refractivity contribution in [3.05, 3.63) is 255 Å². The Morgan fingerprint density at radius 2 is 0.561 bits per heavy atom. The van der Waals surface area contributed by atoms with E-state index in [-0.39, 0.29) is 0 Å². The molecule has 12 rings (SSSR count). The van der Waals surface area contributed by atoms with Crippen LogP contribution >= 0.6 is 22.7 Å². The smallest absolute Gasteiger partial charge is 0.0541 e. The zero-order chi connectivity index (χ0) is 43.8. The summed E-state index contributed by atoms with van der Waals surface area (Å²) in [6.45, 7) is 0. The molecule has 312 valence electrons. The first-order valence-corrected chi connectivity index (χ1v) is 23.9. The zero-order valence-corrected chi connectivity index (χ0v) is 37.6. The summed E-state index contributed by atoms with van der Waals surface area (Å²) in [6, 6.07) is 92.5. The van der Waals surface area contributed by atoms with Crippen LogP contribution in [0.15, 0.2) is 255 Å². The van der Waals surface area contributed by atoms with Crippen LogP contribution in [0.4, 0.5) is 17.1 Å². The third-order valence-corrected chi connectivity index (χ3v) is 14.9. The van der Waals surface area contributed by atoms with Gasteiger partial charge in [-0.05, 0) is 142 Å². The molecule has 0 spiro atoms. The fourth-order valence-corrected chi connectivity index (χ4v) is 11.2. The predicted molar refractivity (Wildman–Crippen MR) is 284 cm³/mol. The predicted octanol–water partition coefficient (Wildman–Crippen LogP) is 18.4. The van der Waals surface area contributed by atoms with Gasteiger partial charge in [0.15, 0.2) is 0 Å². The van der Waals surface area contributed by atoms with Gasteiger partial charge in [-0.25, -0.2) is 0 Å². The van der Waals surface area contributed by atoms with E-state index >= 15 is 0 Å². The van der Waals surface area contributed by atoms with Crippen molar-refractivity contribution in [3.63, 3.8) is 0 Å². The van der Waals surface area contributed by atoms with Crippen LogP contribution in [0.1, 0.15) is 0 Å². The highest BCUT2D eigenvalue weighted by molar-refractivity contribution is 7.19. The molecule has 0 aliphatic heterocycles. The maximum atomic E-state index is 2.39. The highest BCUT2D eigenvalue weighted by Crippen LogP contribution is 2.42. The van der Waals surface area contributed by atoms with Crippen LogP contribution in [0.5, 0.6) is 0 Å². The summed E-state index contributed by atoms with van der Waals surface area (Å²) in [4.78, 5) is 7.43. The molecular formula is C62H42N2S2. The van der Waals surface area contributed by atoms with Crippen LogP contribution in [0, 0.1) is 0 Å². The van der Waals surface area contributed by atoms with Gasteiger partial charge in [0.2, 0.25) is 0 Å². The average Bonchev–Trinajstić information content (AvgIpc) is 4.17. The van der Waals surface area contributed by atoms with E-state index in [4.69, 9.17) is 0 Å². The maximum absolute atomic E-state index is 2.39. The van der Waals surface area contributed by atoms with Crippen LogP contribution < -0.4 is 4.90 Å². The van der Waals surface area contributed by atoms with Crippen molar-refractivity contribution in [2.75, 3.05) is 4.90 Å². The van der Waals surface area contributed by atoms with Crippen LogP contribution in [0.3, 0.4) is 0 Å².